The summed E-state index contributed by atoms with van der Waals surface area (Å²) in [5, 5.41) is 6.42. The van der Waals surface area contributed by atoms with Crippen LogP contribution in [0.2, 0.25) is 0 Å². The molecule has 0 radical (unpaired) electrons. The van der Waals surface area contributed by atoms with Crippen molar-refractivity contribution in [2.75, 3.05) is 0 Å². The Balaban J connectivity index is 2.14. The van der Waals surface area contributed by atoms with Crippen molar-refractivity contribution in [1.82, 2.24) is 9.97 Å². The first-order chi connectivity index (χ1) is 7.45. The van der Waals surface area contributed by atoms with Gasteiger partial charge in [-0.1, -0.05) is 20.8 Å². The van der Waals surface area contributed by atoms with Crippen LogP contribution in [0.1, 0.15) is 36.5 Å². The first kappa shape index (κ1) is 12.2. The first-order valence-corrected chi connectivity index (χ1v) is 7.55. The SMILES string of the molecule is CC(C)(C)c1csc(Cc2nc(Br)cs2)n1. The molecule has 0 aromatic carbocycles. The lowest BCUT2D eigenvalue weighted by Gasteiger charge is -2.14. The Morgan fingerprint density at radius 3 is 2.25 bits per heavy atom. The summed E-state index contributed by atoms with van der Waals surface area (Å²) in [5.41, 5.74) is 1.31. The molecule has 2 nitrogen and oxygen atoms in total. The third-order valence-corrected chi connectivity index (χ3v) is 4.55. The lowest BCUT2D eigenvalue weighted by molar-refractivity contribution is 0.571. The zero-order chi connectivity index (χ0) is 11.8. The van der Waals surface area contributed by atoms with Crippen LogP contribution in [-0.4, -0.2) is 9.97 Å². The van der Waals surface area contributed by atoms with Crippen molar-refractivity contribution in [2.45, 2.75) is 32.6 Å². The number of aromatic nitrogens is 2. The van der Waals surface area contributed by atoms with Crippen LogP contribution in [0.15, 0.2) is 15.4 Å². The van der Waals surface area contributed by atoms with Crippen molar-refractivity contribution in [1.29, 1.82) is 0 Å². The largest absolute Gasteiger partial charge is 0.245 e. The highest BCUT2D eigenvalue weighted by Crippen LogP contribution is 2.26. The summed E-state index contributed by atoms with van der Waals surface area (Å²) in [7, 11) is 0. The molecule has 0 aliphatic heterocycles. The molecule has 0 amide bonds. The number of nitrogens with zero attached hydrogens (tertiary/aromatic N) is 2. The molecule has 0 aliphatic carbocycles. The van der Waals surface area contributed by atoms with Gasteiger partial charge in [0, 0.05) is 16.2 Å². The van der Waals surface area contributed by atoms with E-state index < -0.39 is 0 Å². The lowest BCUT2D eigenvalue weighted by atomic mass is 9.93. The quantitative estimate of drug-likeness (QED) is 0.827. The molecule has 2 rings (SSSR count). The Morgan fingerprint density at radius 1 is 1.12 bits per heavy atom. The molecule has 86 valence electrons. The molecule has 2 heterocycles. The van der Waals surface area contributed by atoms with E-state index in [0.717, 1.165) is 21.0 Å². The fourth-order valence-electron chi connectivity index (χ4n) is 1.24. The summed E-state index contributed by atoms with van der Waals surface area (Å²) < 4.78 is 0.917. The predicted molar refractivity (Wildman–Crippen MR) is 73.4 cm³/mol. The van der Waals surface area contributed by atoms with Gasteiger partial charge in [0.2, 0.25) is 0 Å². The normalized spacial score (nSPS) is 12.0. The van der Waals surface area contributed by atoms with Crippen LogP contribution in [-0.2, 0) is 11.8 Å². The molecule has 0 saturated heterocycles. The molecule has 0 bridgehead atoms. The maximum Gasteiger partial charge on any atom is 0.117 e. The second-order valence-electron chi connectivity index (χ2n) is 4.62. The van der Waals surface area contributed by atoms with Crippen molar-refractivity contribution in [3.8, 4) is 0 Å². The van der Waals surface area contributed by atoms with Crippen LogP contribution in [0.4, 0.5) is 0 Å². The van der Waals surface area contributed by atoms with E-state index in [1.165, 1.54) is 5.69 Å². The third-order valence-electron chi connectivity index (χ3n) is 2.15. The van der Waals surface area contributed by atoms with Crippen molar-refractivity contribution in [3.05, 3.63) is 31.1 Å². The van der Waals surface area contributed by atoms with E-state index in [9.17, 15) is 0 Å². The van der Waals surface area contributed by atoms with E-state index in [1.807, 2.05) is 5.38 Å². The summed E-state index contributed by atoms with van der Waals surface area (Å²) >= 11 is 6.76. The van der Waals surface area contributed by atoms with Crippen LogP contribution in [0.25, 0.3) is 0 Å². The van der Waals surface area contributed by atoms with Crippen LogP contribution < -0.4 is 0 Å². The van der Waals surface area contributed by atoms with Gasteiger partial charge in [0.05, 0.1) is 17.1 Å². The average Bonchev–Trinajstić information content (AvgIpc) is 2.74. The zero-order valence-corrected chi connectivity index (χ0v) is 12.7. The molecule has 2 aromatic heterocycles. The maximum atomic E-state index is 4.66. The van der Waals surface area contributed by atoms with E-state index in [-0.39, 0.29) is 5.41 Å². The third kappa shape index (κ3) is 2.90. The Kier molecular flexibility index (Phi) is 3.47. The molecule has 5 heteroatoms. The van der Waals surface area contributed by atoms with Gasteiger partial charge in [-0.05, 0) is 15.9 Å². The van der Waals surface area contributed by atoms with E-state index in [1.54, 1.807) is 22.7 Å². The van der Waals surface area contributed by atoms with Crippen LogP contribution in [0.5, 0.6) is 0 Å². The van der Waals surface area contributed by atoms with Gasteiger partial charge in [-0.25, -0.2) is 9.97 Å². The van der Waals surface area contributed by atoms with E-state index in [0.29, 0.717) is 0 Å². The number of hydrogen-bond donors (Lipinski definition) is 0. The Morgan fingerprint density at radius 2 is 1.75 bits per heavy atom. The molecule has 0 atom stereocenters. The highest BCUT2D eigenvalue weighted by molar-refractivity contribution is 9.10. The van der Waals surface area contributed by atoms with Crippen molar-refractivity contribution in [2.24, 2.45) is 0 Å². The second kappa shape index (κ2) is 4.55. The number of rotatable bonds is 2. The minimum Gasteiger partial charge on any atom is -0.245 e. The summed E-state index contributed by atoms with van der Waals surface area (Å²) in [4.78, 5) is 9.04. The molecule has 2 aromatic rings. The van der Waals surface area contributed by atoms with Crippen molar-refractivity contribution < 1.29 is 0 Å². The lowest BCUT2D eigenvalue weighted by Crippen LogP contribution is -2.11. The molecule has 0 spiro atoms. The highest BCUT2D eigenvalue weighted by Gasteiger charge is 2.17. The summed E-state index contributed by atoms with van der Waals surface area (Å²) in [6.07, 6.45) is 0.844. The topological polar surface area (TPSA) is 25.8 Å². The van der Waals surface area contributed by atoms with E-state index in [2.05, 4.69) is 52.0 Å². The predicted octanol–water partition coefficient (Wildman–Crippen LogP) is 4.25. The smallest absolute Gasteiger partial charge is 0.117 e. The van der Waals surface area contributed by atoms with Gasteiger partial charge in [0.25, 0.3) is 0 Å². The summed E-state index contributed by atoms with van der Waals surface area (Å²) in [6, 6.07) is 0. The molecular formula is C11H13BrN2S2. The Bertz CT molecular complexity index is 482. The monoisotopic (exact) mass is 316 g/mol. The van der Waals surface area contributed by atoms with Gasteiger partial charge in [-0.3, -0.25) is 0 Å². The van der Waals surface area contributed by atoms with Crippen molar-refractivity contribution >= 4 is 38.6 Å². The van der Waals surface area contributed by atoms with Gasteiger partial charge in [0.1, 0.15) is 9.61 Å². The second-order valence-corrected chi connectivity index (χ2v) is 7.32. The molecule has 0 aliphatic rings. The van der Waals surface area contributed by atoms with Gasteiger partial charge >= 0.3 is 0 Å². The maximum absolute atomic E-state index is 4.66. The summed E-state index contributed by atoms with van der Waals surface area (Å²) in [6.45, 7) is 6.56. The minimum absolute atomic E-state index is 0.137. The van der Waals surface area contributed by atoms with Gasteiger partial charge in [-0.15, -0.1) is 22.7 Å². The molecule has 0 saturated carbocycles. The van der Waals surface area contributed by atoms with E-state index >= 15 is 0 Å². The van der Waals surface area contributed by atoms with Crippen molar-refractivity contribution in [3.63, 3.8) is 0 Å². The standard InChI is InChI=1S/C11H13BrN2S2/c1-11(2,3)7-5-15-9(13-7)4-10-14-8(12)6-16-10/h5-6H,4H2,1-3H3. The fraction of sp³-hybridized carbons (Fsp3) is 0.455. The fourth-order valence-corrected chi connectivity index (χ4v) is 3.62. The minimum atomic E-state index is 0.137. The van der Waals surface area contributed by atoms with Gasteiger partial charge < -0.3 is 0 Å². The molecule has 0 N–H and O–H groups in total. The number of thiazole rings is 2. The van der Waals surface area contributed by atoms with Crippen LogP contribution in [0.3, 0.4) is 0 Å². The number of halogens is 1. The Labute approximate surface area is 112 Å². The number of hydrogen-bond acceptors (Lipinski definition) is 4. The molecule has 0 fully saturated rings. The van der Waals surface area contributed by atoms with Gasteiger partial charge in [-0.2, -0.15) is 0 Å². The Hall–Kier alpha value is -0.260. The zero-order valence-electron chi connectivity index (χ0n) is 9.45. The van der Waals surface area contributed by atoms with E-state index in [4.69, 9.17) is 0 Å². The summed E-state index contributed by atoms with van der Waals surface area (Å²) in [5.74, 6) is 0. The van der Waals surface area contributed by atoms with Gasteiger partial charge in [0.15, 0.2) is 0 Å². The molecule has 16 heavy (non-hydrogen) atoms. The molecular weight excluding hydrogens is 304 g/mol. The average molecular weight is 317 g/mol. The van der Waals surface area contributed by atoms with Crippen LogP contribution in [0, 0.1) is 0 Å². The molecule has 0 unspecified atom stereocenters. The highest BCUT2D eigenvalue weighted by atomic mass is 79.9. The first-order valence-electron chi connectivity index (χ1n) is 5.00. The van der Waals surface area contributed by atoms with Crippen LogP contribution >= 0.6 is 38.6 Å².